The van der Waals surface area contributed by atoms with E-state index in [2.05, 4.69) is 24.1 Å². The number of carbonyl (C=O) groups excluding carboxylic acids is 1. The highest BCUT2D eigenvalue weighted by molar-refractivity contribution is 5.80. The van der Waals surface area contributed by atoms with E-state index >= 15 is 0 Å². The molecule has 0 aliphatic carbocycles. The second kappa shape index (κ2) is 8.63. The molecule has 0 bridgehead atoms. The van der Waals surface area contributed by atoms with Crippen molar-refractivity contribution in [2.45, 2.75) is 58.4 Å². The molecule has 1 aliphatic rings. The van der Waals surface area contributed by atoms with E-state index in [-0.39, 0.29) is 5.97 Å². The minimum atomic E-state index is -0.548. The van der Waals surface area contributed by atoms with Gasteiger partial charge in [-0.3, -0.25) is 4.79 Å². The van der Waals surface area contributed by atoms with Gasteiger partial charge in [0, 0.05) is 13.1 Å². The summed E-state index contributed by atoms with van der Waals surface area (Å²) in [6, 6.07) is 0. The predicted molar refractivity (Wildman–Crippen MR) is 82.8 cm³/mol. The van der Waals surface area contributed by atoms with Crippen LogP contribution in [0.4, 0.5) is 0 Å². The molecule has 0 amide bonds. The largest absolute Gasteiger partial charge is 0.468 e. The number of nitrogens with zero attached hydrogens (tertiary/aromatic N) is 1. The maximum Gasteiger partial charge on any atom is 0.325 e. The fraction of sp³-hybridized carbons (Fsp3) is 0.938. The van der Waals surface area contributed by atoms with Gasteiger partial charge >= 0.3 is 5.97 Å². The Kier molecular flexibility index (Phi) is 7.52. The predicted octanol–water partition coefficient (Wildman–Crippen LogP) is 2.43. The molecule has 0 aromatic carbocycles. The Labute approximate surface area is 124 Å². The summed E-state index contributed by atoms with van der Waals surface area (Å²) in [7, 11) is 1.47. The zero-order chi connectivity index (χ0) is 15.0. The van der Waals surface area contributed by atoms with Crippen molar-refractivity contribution >= 4 is 5.97 Å². The molecular formula is C16H32N2O2. The summed E-state index contributed by atoms with van der Waals surface area (Å²) < 4.78 is 4.97. The first-order valence-electron chi connectivity index (χ1n) is 8.11. The fourth-order valence-electron chi connectivity index (χ4n) is 3.03. The van der Waals surface area contributed by atoms with Crippen molar-refractivity contribution in [3.8, 4) is 0 Å². The van der Waals surface area contributed by atoms with Gasteiger partial charge in [-0.1, -0.05) is 20.3 Å². The van der Waals surface area contributed by atoms with Crippen LogP contribution in [0.1, 0.15) is 52.9 Å². The van der Waals surface area contributed by atoms with Crippen LogP contribution in [0.2, 0.25) is 0 Å². The van der Waals surface area contributed by atoms with Crippen LogP contribution in [0.15, 0.2) is 0 Å². The van der Waals surface area contributed by atoms with Gasteiger partial charge in [-0.25, -0.2) is 0 Å². The third kappa shape index (κ3) is 5.06. The first-order valence-corrected chi connectivity index (χ1v) is 8.11. The summed E-state index contributed by atoms with van der Waals surface area (Å²) in [5, 5.41) is 3.36. The molecule has 1 aliphatic heterocycles. The molecule has 4 heteroatoms. The van der Waals surface area contributed by atoms with E-state index in [1.54, 1.807) is 0 Å². The Balaban J connectivity index is 2.44. The van der Waals surface area contributed by atoms with Crippen LogP contribution in [-0.4, -0.2) is 49.7 Å². The van der Waals surface area contributed by atoms with E-state index in [1.807, 2.05) is 6.92 Å². The van der Waals surface area contributed by atoms with Crippen molar-refractivity contribution in [3.05, 3.63) is 0 Å². The lowest BCUT2D eigenvalue weighted by atomic mass is 9.97. The van der Waals surface area contributed by atoms with Crippen LogP contribution in [0.3, 0.4) is 0 Å². The number of esters is 1. The van der Waals surface area contributed by atoms with E-state index in [9.17, 15) is 4.79 Å². The number of hydrogen-bond donors (Lipinski definition) is 1. The zero-order valence-corrected chi connectivity index (χ0v) is 13.7. The van der Waals surface area contributed by atoms with E-state index in [0.29, 0.717) is 0 Å². The van der Waals surface area contributed by atoms with Crippen molar-refractivity contribution in [2.75, 3.05) is 33.3 Å². The molecule has 0 spiro atoms. The monoisotopic (exact) mass is 284 g/mol. The molecule has 0 aromatic rings. The van der Waals surface area contributed by atoms with Gasteiger partial charge in [-0.2, -0.15) is 0 Å². The molecule has 1 heterocycles. The highest BCUT2D eigenvalue weighted by Crippen LogP contribution is 2.22. The summed E-state index contributed by atoms with van der Waals surface area (Å²) in [6.45, 7) is 10.5. The summed E-state index contributed by atoms with van der Waals surface area (Å²) in [6.07, 6.45) is 5.76. The smallest absolute Gasteiger partial charge is 0.325 e. The Bertz CT molecular complexity index is 296. The lowest BCUT2D eigenvalue weighted by molar-refractivity contribution is -0.148. The van der Waals surface area contributed by atoms with Gasteiger partial charge in [-0.15, -0.1) is 0 Å². The number of nitrogens with one attached hydrogen (secondary N) is 1. The summed E-state index contributed by atoms with van der Waals surface area (Å²) in [5.41, 5.74) is -0.548. The van der Waals surface area contributed by atoms with Gasteiger partial charge in [0.05, 0.1) is 7.11 Å². The number of rotatable bonds is 9. The van der Waals surface area contributed by atoms with Gasteiger partial charge in [0.1, 0.15) is 5.54 Å². The van der Waals surface area contributed by atoms with Crippen LogP contribution in [0, 0.1) is 5.92 Å². The number of likely N-dealkylation sites (tertiary alicyclic amines) is 1. The Morgan fingerprint density at radius 2 is 2.15 bits per heavy atom. The quantitative estimate of drug-likeness (QED) is 0.660. The molecule has 20 heavy (non-hydrogen) atoms. The standard InChI is InChI=1S/C16H32N2O2/c1-5-7-14-8-11-18(13-14)12-9-16(3,15(19)20-4)17-10-6-2/h14,17H,5-13H2,1-4H3. The summed E-state index contributed by atoms with van der Waals surface area (Å²) in [5.74, 6) is 0.711. The van der Waals surface area contributed by atoms with Crippen molar-refractivity contribution in [1.82, 2.24) is 10.2 Å². The third-order valence-electron chi connectivity index (χ3n) is 4.40. The van der Waals surface area contributed by atoms with Gasteiger partial charge in [0.15, 0.2) is 0 Å². The number of hydrogen-bond acceptors (Lipinski definition) is 4. The molecule has 0 radical (unpaired) electrons. The molecule has 1 saturated heterocycles. The molecular weight excluding hydrogens is 252 g/mol. The normalized spacial score (nSPS) is 22.7. The second-order valence-corrected chi connectivity index (χ2v) is 6.24. The molecule has 1 fully saturated rings. The van der Waals surface area contributed by atoms with Crippen LogP contribution in [-0.2, 0) is 9.53 Å². The van der Waals surface area contributed by atoms with Gasteiger partial charge < -0.3 is 15.0 Å². The van der Waals surface area contributed by atoms with E-state index in [4.69, 9.17) is 4.74 Å². The SMILES string of the molecule is CCCNC(C)(CCN1CCC(CCC)C1)C(=O)OC. The van der Waals surface area contributed by atoms with E-state index in [1.165, 1.54) is 39.5 Å². The van der Waals surface area contributed by atoms with Crippen LogP contribution >= 0.6 is 0 Å². The van der Waals surface area contributed by atoms with Crippen LogP contribution in [0.5, 0.6) is 0 Å². The first-order chi connectivity index (χ1) is 9.55. The third-order valence-corrected chi connectivity index (χ3v) is 4.40. The Morgan fingerprint density at radius 1 is 1.40 bits per heavy atom. The second-order valence-electron chi connectivity index (χ2n) is 6.24. The van der Waals surface area contributed by atoms with Gasteiger partial charge in [0.25, 0.3) is 0 Å². The average Bonchev–Trinajstić information content (AvgIpc) is 2.90. The molecule has 118 valence electrons. The highest BCUT2D eigenvalue weighted by Gasteiger charge is 2.34. The maximum absolute atomic E-state index is 12.0. The molecule has 1 N–H and O–H groups in total. The lowest BCUT2D eigenvalue weighted by Gasteiger charge is -2.30. The maximum atomic E-state index is 12.0. The Morgan fingerprint density at radius 3 is 2.75 bits per heavy atom. The molecule has 4 nitrogen and oxygen atoms in total. The van der Waals surface area contributed by atoms with Crippen molar-refractivity contribution in [2.24, 2.45) is 5.92 Å². The Hall–Kier alpha value is -0.610. The summed E-state index contributed by atoms with van der Waals surface area (Å²) in [4.78, 5) is 14.5. The highest BCUT2D eigenvalue weighted by atomic mass is 16.5. The minimum Gasteiger partial charge on any atom is -0.468 e. The topological polar surface area (TPSA) is 41.6 Å². The van der Waals surface area contributed by atoms with Crippen molar-refractivity contribution < 1.29 is 9.53 Å². The lowest BCUT2D eigenvalue weighted by Crippen LogP contribution is -2.52. The van der Waals surface area contributed by atoms with Gasteiger partial charge in [-0.05, 0) is 51.6 Å². The summed E-state index contributed by atoms with van der Waals surface area (Å²) >= 11 is 0. The molecule has 2 unspecified atom stereocenters. The number of ether oxygens (including phenoxy) is 1. The number of carbonyl (C=O) groups is 1. The number of methoxy groups -OCH3 is 1. The molecule has 0 saturated carbocycles. The zero-order valence-electron chi connectivity index (χ0n) is 13.7. The molecule has 2 atom stereocenters. The van der Waals surface area contributed by atoms with E-state index < -0.39 is 5.54 Å². The minimum absolute atomic E-state index is 0.143. The van der Waals surface area contributed by atoms with E-state index in [0.717, 1.165) is 31.8 Å². The van der Waals surface area contributed by atoms with Crippen LogP contribution in [0.25, 0.3) is 0 Å². The fourth-order valence-corrected chi connectivity index (χ4v) is 3.03. The van der Waals surface area contributed by atoms with Crippen LogP contribution < -0.4 is 5.32 Å². The first kappa shape index (κ1) is 17.4. The average molecular weight is 284 g/mol. The molecule has 0 aromatic heterocycles. The van der Waals surface area contributed by atoms with Crippen molar-refractivity contribution in [3.63, 3.8) is 0 Å². The van der Waals surface area contributed by atoms with Gasteiger partial charge in [0.2, 0.25) is 0 Å². The van der Waals surface area contributed by atoms with Crippen molar-refractivity contribution in [1.29, 1.82) is 0 Å². The molecule has 1 rings (SSSR count).